The molecule has 2 unspecified atom stereocenters. The molecule has 1 aliphatic heterocycles. The summed E-state index contributed by atoms with van der Waals surface area (Å²) < 4.78 is 1.96. The Labute approximate surface area is 241 Å². The third kappa shape index (κ3) is 5.01. The molecule has 0 radical (unpaired) electrons. The monoisotopic (exact) mass is 566 g/mol. The van der Waals surface area contributed by atoms with E-state index in [2.05, 4.69) is 36.8 Å². The lowest BCUT2D eigenvalue weighted by molar-refractivity contribution is -0.124. The van der Waals surface area contributed by atoms with Gasteiger partial charge in [0, 0.05) is 62.2 Å². The summed E-state index contributed by atoms with van der Waals surface area (Å²) in [6.45, 7) is 2.46. The maximum Gasteiger partial charge on any atom is 0.331 e. The molecule has 13 nitrogen and oxygen atoms in total. The number of carbonyl (C=O) groups excluding carboxylic acids is 3. The number of pyridine rings is 1. The summed E-state index contributed by atoms with van der Waals surface area (Å²) in [5, 5.41) is 6.16. The van der Waals surface area contributed by atoms with Crippen LogP contribution in [0.1, 0.15) is 53.9 Å². The number of nitrogens with zero attached hydrogens (tertiary/aromatic N) is 8. The zero-order chi connectivity index (χ0) is 29.0. The standard InChI is InChI=1S/C29H30N10O3/c1-16-5-7-31-26(34-16)20-10-21(20)28(41)36-24-11-23(32-15-33-24)30-8-6-19-13-38-12-18(17-3-4-17)9-22(27(38)35-19)39-14-25(40)37(2)29(39)42/h5,7,9,11-13,15,17,20-21H,3-4,6,8,10,14H2,1-2H3,(H2,30,32,33,36,41). The topological polar surface area (TPSA) is 151 Å². The Bertz CT molecular complexity index is 1730. The molecule has 4 aromatic rings. The molecule has 5 heterocycles. The smallest absolute Gasteiger partial charge is 0.331 e. The fourth-order valence-electron chi connectivity index (χ4n) is 5.37. The Kier molecular flexibility index (Phi) is 6.29. The van der Waals surface area contributed by atoms with Crippen molar-refractivity contribution >= 4 is 40.8 Å². The number of imide groups is 1. The van der Waals surface area contributed by atoms with Crippen LogP contribution in [0.25, 0.3) is 5.65 Å². The third-order valence-electron chi connectivity index (χ3n) is 8.01. The number of aromatic nitrogens is 6. The zero-order valence-corrected chi connectivity index (χ0v) is 23.3. The van der Waals surface area contributed by atoms with Crippen LogP contribution < -0.4 is 15.5 Å². The number of rotatable bonds is 9. The molecule has 0 bridgehead atoms. The van der Waals surface area contributed by atoms with Crippen LogP contribution in [0, 0.1) is 12.8 Å². The van der Waals surface area contributed by atoms with Crippen molar-refractivity contribution in [3.63, 3.8) is 0 Å². The van der Waals surface area contributed by atoms with E-state index < -0.39 is 0 Å². The molecule has 42 heavy (non-hydrogen) atoms. The molecule has 2 saturated carbocycles. The Balaban J connectivity index is 1.00. The predicted octanol–water partition coefficient (Wildman–Crippen LogP) is 2.90. The van der Waals surface area contributed by atoms with Crippen LogP contribution in [0.2, 0.25) is 0 Å². The van der Waals surface area contributed by atoms with Gasteiger partial charge in [-0.1, -0.05) is 0 Å². The molecule has 0 aromatic carbocycles. The van der Waals surface area contributed by atoms with Gasteiger partial charge >= 0.3 is 6.03 Å². The van der Waals surface area contributed by atoms with Crippen LogP contribution in [0.4, 0.5) is 22.1 Å². The largest absolute Gasteiger partial charge is 0.370 e. The van der Waals surface area contributed by atoms with E-state index in [1.807, 2.05) is 29.7 Å². The van der Waals surface area contributed by atoms with E-state index in [0.717, 1.165) is 34.7 Å². The van der Waals surface area contributed by atoms with Crippen LogP contribution in [0.3, 0.4) is 0 Å². The van der Waals surface area contributed by atoms with Gasteiger partial charge in [0.05, 0.1) is 11.4 Å². The van der Waals surface area contributed by atoms with E-state index in [9.17, 15) is 14.4 Å². The molecule has 214 valence electrons. The highest BCUT2D eigenvalue weighted by molar-refractivity contribution is 6.13. The molecule has 13 heteroatoms. The van der Waals surface area contributed by atoms with Crippen molar-refractivity contribution in [2.45, 2.75) is 44.4 Å². The molecule has 7 rings (SSSR count). The number of aryl methyl sites for hydroxylation is 1. The Morgan fingerprint density at radius 3 is 2.67 bits per heavy atom. The average molecular weight is 567 g/mol. The number of carbonyl (C=O) groups is 3. The van der Waals surface area contributed by atoms with E-state index in [-0.39, 0.29) is 36.2 Å². The minimum atomic E-state index is -0.339. The highest BCUT2D eigenvalue weighted by atomic mass is 16.2. The molecule has 0 spiro atoms. The number of anilines is 3. The van der Waals surface area contributed by atoms with Gasteiger partial charge in [0.2, 0.25) is 11.8 Å². The molecule has 3 aliphatic rings. The molecule has 3 fully saturated rings. The molecule has 2 aliphatic carbocycles. The van der Waals surface area contributed by atoms with Crippen LogP contribution >= 0.6 is 0 Å². The first kappa shape index (κ1) is 26.0. The number of fused-ring (bicyclic) bond motifs is 1. The molecule has 2 atom stereocenters. The minimum Gasteiger partial charge on any atom is -0.370 e. The zero-order valence-electron chi connectivity index (χ0n) is 23.3. The van der Waals surface area contributed by atoms with Gasteiger partial charge in [-0.05, 0) is 49.8 Å². The second-order valence-electron chi connectivity index (χ2n) is 11.2. The predicted molar refractivity (Wildman–Crippen MR) is 153 cm³/mol. The molecule has 4 aromatic heterocycles. The lowest BCUT2D eigenvalue weighted by Gasteiger charge is -2.17. The van der Waals surface area contributed by atoms with Crippen molar-refractivity contribution in [3.8, 4) is 0 Å². The van der Waals surface area contributed by atoms with Crippen molar-refractivity contribution in [1.29, 1.82) is 0 Å². The quantitative estimate of drug-likeness (QED) is 0.292. The Morgan fingerprint density at radius 2 is 1.90 bits per heavy atom. The third-order valence-corrected chi connectivity index (χ3v) is 8.01. The van der Waals surface area contributed by atoms with Gasteiger partial charge in [-0.2, -0.15) is 0 Å². The molecular formula is C29H30N10O3. The van der Waals surface area contributed by atoms with Gasteiger partial charge in [0.25, 0.3) is 0 Å². The second-order valence-corrected chi connectivity index (χ2v) is 11.2. The summed E-state index contributed by atoms with van der Waals surface area (Å²) in [5.74, 6) is 1.70. The van der Waals surface area contributed by atoms with E-state index in [0.29, 0.717) is 54.1 Å². The number of amides is 4. The first-order valence-electron chi connectivity index (χ1n) is 14.1. The van der Waals surface area contributed by atoms with Gasteiger partial charge in [-0.25, -0.2) is 29.7 Å². The van der Waals surface area contributed by atoms with Crippen molar-refractivity contribution in [2.75, 3.05) is 35.7 Å². The Morgan fingerprint density at radius 1 is 1.07 bits per heavy atom. The first-order valence-corrected chi connectivity index (χ1v) is 14.1. The fraction of sp³-hybridized carbons (Fsp3) is 0.379. The van der Waals surface area contributed by atoms with Crippen molar-refractivity contribution < 1.29 is 14.4 Å². The summed E-state index contributed by atoms with van der Waals surface area (Å²) in [5.41, 5.74) is 4.17. The van der Waals surface area contributed by atoms with Crippen molar-refractivity contribution in [3.05, 3.63) is 65.9 Å². The number of imidazole rings is 1. The van der Waals surface area contributed by atoms with Crippen molar-refractivity contribution in [2.24, 2.45) is 5.92 Å². The first-order chi connectivity index (χ1) is 20.3. The van der Waals surface area contributed by atoms with Crippen LogP contribution in [-0.4, -0.2) is 72.2 Å². The lowest BCUT2D eigenvalue weighted by atomic mass is 10.1. The number of likely N-dealkylation sites (N-methyl/N-ethyl adjacent to an activating group) is 1. The van der Waals surface area contributed by atoms with E-state index >= 15 is 0 Å². The van der Waals surface area contributed by atoms with Gasteiger partial charge in [-0.3, -0.25) is 19.4 Å². The van der Waals surface area contributed by atoms with Crippen LogP contribution in [0.15, 0.2) is 43.1 Å². The van der Waals surface area contributed by atoms with Crippen molar-refractivity contribution in [1.82, 2.24) is 34.2 Å². The van der Waals surface area contributed by atoms with Gasteiger partial charge in [0.1, 0.15) is 30.3 Å². The molecular weight excluding hydrogens is 536 g/mol. The Hall–Kier alpha value is -4.94. The van der Waals surface area contributed by atoms with Gasteiger partial charge in [0.15, 0.2) is 5.65 Å². The van der Waals surface area contributed by atoms with Gasteiger partial charge in [-0.15, -0.1) is 0 Å². The highest BCUT2D eigenvalue weighted by Crippen LogP contribution is 2.46. The summed E-state index contributed by atoms with van der Waals surface area (Å²) in [4.78, 5) is 62.5. The lowest BCUT2D eigenvalue weighted by Crippen LogP contribution is -2.30. The second kappa shape index (κ2) is 10.2. The number of hydrogen-bond acceptors (Lipinski definition) is 9. The van der Waals surface area contributed by atoms with Gasteiger partial charge < -0.3 is 15.0 Å². The highest BCUT2D eigenvalue weighted by Gasteiger charge is 2.46. The fourth-order valence-corrected chi connectivity index (χ4v) is 5.37. The minimum absolute atomic E-state index is 0.0105. The van der Waals surface area contributed by atoms with Crippen LogP contribution in [0.5, 0.6) is 0 Å². The normalized spacial score (nSPS) is 20.0. The molecule has 4 amide bonds. The SMILES string of the molecule is Cc1ccnc(C2CC2C(=O)Nc2cc(NCCc3cn4cc(C5CC5)cc(N5CC(=O)N(C)C5=O)c4n3)ncn2)n1. The summed E-state index contributed by atoms with van der Waals surface area (Å²) in [7, 11) is 1.50. The summed E-state index contributed by atoms with van der Waals surface area (Å²) in [6, 6.07) is 5.20. The maximum absolute atomic E-state index is 12.8. The molecule has 2 N–H and O–H groups in total. The number of urea groups is 1. The number of hydrogen-bond donors (Lipinski definition) is 2. The van der Waals surface area contributed by atoms with E-state index in [1.54, 1.807) is 12.3 Å². The summed E-state index contributed by atoms with van der Waals surface area (Å²) in [6.07, 6.45) is 10.7. The molecule has 1 saturated heterocycles. The van der Waals surface area contributed by atoms with E-state index in [1.165, 1.54) is 18.3 Å². The average Bonchev–Trinajstić information content (AvgIpc) is 3.90. The summed E-state index contributed by atoms with van der Waals surface area (Å²) >= 11 is 0. The maximum atomic E-state index is 12.8. The van der Waals surface area contributed by atoms with Crippen LogP contribution in [-0.2, 0) is 16.0 Å². The number of nitrogens with one attached hydrogen (secondary N) is 2. The van der Waals surface area contributed by atoms with E-state index in [4.69, 9.17) is 4.98 Å².